The Morgan fingerprint density at radius 2 is 1.71 bits per heavy atom. The van der Waals surface area contributed by atoms with Gasteiger partial charge in [-0.15, -0.1) is 0 Å². The molecule has 2 aromatic carbocycles. The summed E-state index contributed by atoms with van der Waals surface area (Å²) in [7, 11) is 0. The summed E-state index contributed by atoms with van der Waals surface area (Å²) in [5.41, 5.74) is 2.41. The van der Waals surface area contributed by atoms with E-state index < -0.39 is 0 Å². The molecule has 1 N–H and O–H groups in total. The molecule has 2 rings (SSSR count). The molecule has 2 aromatic rings. The van der Waals surface area contributed by atoms with Crippen molar-refractivity contribution in [3.63, 3.8) is 0 Å². The number of aryl methyl sites for hydroxylation is 1. The normalized spacial score (nSPS) is 12.9. The number of aliphatic hydroxyl groups is 1. The predicted octanol–water partition coefficient (Wildman–Crippen LogP) is 4.24. The standard InChI is InChI=1S/C16H20O/c1-3-5-12-6-7-14-11-15(16(17)4-2)9-8-13(14)10-12/h6-11,16-17H,3-5H2,1-2H3. The summed E-state index contributed by atoms with van der Waals surface area (Å²) < 4.78 is 0. The first-order valence-corrected chi connectivity index (χ1v) is 6.45. The highest BCUT2D eigenvalue weighted by Crippen LogP contribution is 2.23. The summed E-state index contributed by atoms with van der Waals surface area (Å²) in [5.74, 6) is 0. The molecule has 0 saturated carbocycles. The van der Waals surface area contributed by atoms with E-state index in [1.165, 1.54) is 22.8 Å². The highest BCUT2D eigenvalue weighted by molar-refractivity contribution is 5.83. The van der Waals surface area contributed by atoms with Crippen LogP contribution < -0.4 is 0 Å². The monoisotopic (exact) mass is 228 g/mol. The highest BCUT2D eigenvalue weighted by Gasteiger charge is 2.05. The number of rotatable bonds is 4. The number of hydrogen-bond donors (Lipinski definition) is 1. The second-order valence-electron chi connectivity index (χ2n) is 4.61. The third kappa shape index (κ3) is 2.67. The number of aliphatic hydroxyl groups excluding tert-OH is 1. The Kier molecular flexibility index (Phi) is 3.80. The maximum Gasteiger partial charge on any atom is 0.0787 e. The van der Waals surface area contributed by atoms with E-state index in [1.54, 1.807) is 0 Å². The van der Waals surface area contributed by atoms with Crippen LogP contribution in [0.3, 0.4) is 0 Å². The van der Waals surface area contributed by atoms with Crippen LogP contribution >= 0.6 is 0 Å². The van der Waals surface area contributed by atoms with Crippen LogP contribution in [0.1, 0.15) is 43.9 Å². The zero-order valence-electron chi connectivity index (χ0n) is 10.6. The van der Waals surface area contributed by atoms with Crippen LogP contribution in [0.2, 0.25) is 0 Å². The quantitative estimate of drug-likeness (QED) is 0.830. The molecule has 1 heteroatoms. The van der Waals surface area contributed by atoms with Crippen LogP contribution in [0, 0.1) is 0 Å². The van der Waals surface area contributed by atoms with Gasteiger partial charge in [-0.3, -0.25) is 0 Å². The van der Waals surface area contributed by atoms with Gasteiger partial charge in [0.25, 0.3) is 0 Å². The van der Waals surface area contributed by atoms with Gasteiger partial charge in [-0.05, 0) is 40.8 Å². The van der Waals surface area contributed by atoms with Crippen molar-refractivity contribution < 1.29 is 5.11 Å². The molecule has 0 aliphatic heterocycles. The molecule has 0 heterocycles. The van der Waals surface area contributed by atoms with E-state index in [4.69, 9.17) is 0 Å². The summed E-state index contributed by atoms with van der Waals surface area (Å²) >= 11 is 0. The largest absolute Gasteiger partial charge is 0.388 e. The van der Waals surface area contributed by atoms with Crippen molar-refractivity contribution in [2.24, 2.45) is 0 Å². The van der Waals surface area contributed by atoms with Gasteiger partial charge in [0.1, 0.15) is 0 Å². The Bertz CT molecular complexity index is 502. The molecule has 90 valence electrons. The summed E-state index contributed by atoms with van der Waals surface area (Å²) in [6.07, 6.45) is 2.74. The summed E-state index contributed by atoms with van der Waals surface area (Å²) in [5, 5.41) is 12.3. The first kappa shape index (κ1) is 12.1. The van der Waals surface area contributed by atoms with E-state index in [0.29, 0.717) is 0 Å². The van der Waals surface area contributed by atoms with Crippen LogP contribution in [-0.2, 0) is 6.42 Å². The zero-order valence-corrected chi connectivity index (χ0v) is 10.6. The lowest BCUT2D eigenvalue weighted by atomic mass is 9.99. The van der Waals surface area contributed by atoms with Crippen molar-refractivity contribution in [3.8, 4) is 0 Å². The van der Waals surface area contributed by atoms with Crippen molar-refractivity contribution in [1.82, 2.24) is 0 Å². The van der Waals surface area contributed by atoms with Gasteiger partial charge < -0.3 is 5.11 Å². The lowest BCUT2D eigenvalue weighted by Gasteiger charge is -2.10. The Balaban J connectivity index is 2.39. The minimum Gasteiger partial charge on any atom is -0.388 e. The lowest BCUT2D eigenvalue weighted by Crippen LogP contribution is -1.94. The molecule has 0 radical (unpaired) electrons. The van der Waals surface area contributed by atoms with Crippen LogP contribution in [0.5, 0.6) is 0 Å². The SMILES string of the molecule is CCCc1ccc2cc(C(O)CC)ccc2c1. The lowest BCUT2D eigenvalue weighted by molar-refractivity contribution is 0.174. The second kappa shape index (κ2) is 5.33. The molecule has 1 nitrogen and oxygen atoms in total. The number of fused-ring (bicyclic) bond motifs is 1. The predicted molar refractivity (Wildman–Crippen MR) is 73.2 cm³/mol. The van der Waals surface area contributed by atoms with Gasteiger partial charge in [-0.2, -0.15) is 0 Å². The smallest absolute Gasteiger partial charge is 0.0787 e. The average Bonchev–Trinajstić information content (AvgIpc) is 2.37. The summed E-state index contributed by atoms with van der Waals surface area (Å²) in [6.45, 7) is 4.20. The van der Waals surface area contributed by atoms with E-state index in [2.05, 4.69) is 37.3 Å². The molecule has 0 aromatic heterocycles. The van der Waals surface area contributed by atoms with Crippen molar-refractivity contribution in [3.05, 3.63) is 47.5 Å². The molecular weight excluding hydrogens is 208 g/mol. The molecule has 0 amide bonds. The van der Waals surface area contributed by atoms with Crippen molar-refractivity contribution in [2.45, 2.75) is 39.2 Å². The highest BCUT2D eigenvalue weighted by atomic mass is 16.3. The third-order valence-electron chi connectivity index (χ3n) is 3.24. The fraction of sp³-hybridized carbons (Fsp3) is 0.375. The minimum atomic E-state index is -0.338. The minimum absolute atomic E-state index is 0.338. The van der Waals surface area contributed by atoms with Gasteiger partial charge in [0.15, 0.2) is 0 Å². The maximum absolute atomic E-state index is 9.83. The molecule has 0 aliphatic rings. The van der Waals surface area contributed by atoms with Crippen LogP contribution in [0.4, 0.5) is 0 Å². The third-order valence-corrected chi connectivity index (χ3v) is 3.24. The molecule has 0 fully saturated rings. The number of benzene rings is 2. The Hall–Kier alpha value is -1.34. The second-order valence-corrected chi connectivity index (χ2v) is 4.61. The Labute approximate surface area is 103 Å². The summed E-state index contributed by atoms with van der Waals surface area (Å²) in [6, 6.07) is 12.8. The van der Waals surface area contributed by atoms with Gasteiger partial charge in [0.2, 0.25) is 0 Å². The van der Waals surface area contributed by atoms with Crippen molar-refractivity contribution >= 4 is 10.8 Å². The van der Waals surface area contributed by atoms with Crippen molar-refractivity contribution in [2.75, 3.05) is 0 Å². The van der Waals surface area contributed by atoms with Crippen LogP contribution in [0.15, 0.2) is 36.4 Å². The van der Waals surface area contributed by atoms with Gasteiger partial charge in [-0.25, -0.2) is 0 Å². The van der Waals surface area contributed by atoms with E-state index in [-0.39, 0.29) is 6.10 Å². The van der Waals surface area contributed by atoms with E-state index in [9.17, 15) is 5.11 Å². The molecule has 1 unspecified atom stereocenters. The van der Waals surface area contributed by atoms with Crippen molar-refractivity contribution in [1.29, 1.82) is 0 Å². The summed E-state index contributed by atoms with van der Waals surface area (Å²) in [4.78, 5) is 0. The number of hydrogen-bond acceptors (Lipinski definition) is 1. The van der Waals surface area contributed by atoms with E-state index in [1.807, 2.05) is 13.0 Å². The average molecular weight is 228 g/mol. The molecular formula is C16H20O. The first-order chi connectivity index (χ1) is 8.24. The molecule has 0 aliphatic carbocycles. The maximum atomic E-state index is 9.83. The van der Waals surface area contributed by atoms with Gasteiger partial charge >= 0.3 is 0 Å². The van der Waals surface area contributed by atoms with E-state index in [0.717, 1.165) is 18.4 Å². The topological polar surface area (TPSA) is 20.2 Å². The van der Waals surface area contributed by atoms with Gasteiger partial charge in [0, 0.05) is 0 Å². The zero-order chi connectivity index (χ0) is 12.3. The first-order valence-electron chi connectivity index (χ1n) is 6.45. The fourth-order valence-electron chi connectivity index (χ4n) is 2.20. The molecule has 0 spiro atoms. The molecule has 0 bridgehead atoms. The van der Waals surface area contributed by atoms with Crippen LogP contribution in [0.25, 0.3) is 10.8 Å². The van der Waals surface area contributed by atoms with Gasteiger partial charge in [0.05, 0.1) is 6.10 Å². The molecule has 0 saturated heterocycles. The Morgan fingerprint density at radius 1 is 1.00 bits per heavy atom. The molecule has 1 atom stereocenters. The van der Waals surface area contributed by atoms with Gasteiger partial charge in [-0.1, -0.05) is 50.6 Å². The van der Waals surface area contributed by atoms with Crippen LogP contribution in [-0.4, -0.2) is 5.11 Å². The molecule has 17 heavy (non-hydrogen) atoms. The Morgan fingerprint density at radius 3 is 2.41 bits per heavy atom. The fourth-order valence-corrected chi connectivity index (χ4v) is 2.20. The van der Waals surface area contributed by atoms with E-state index >= 15 is 0 Å².